The van der Waals surface area contributed by atoms with Crippen LogP contribution < -0.4 is 10.6 Å². The van der Waals surface area contributed by atoms with E-state index in [4.69, 9.17) is 28.3 Å². The first kappa shape index (κ1) is 18.6. The Hall–Kier alpha value is -1.77. The van der Waals surface area contributed by atoms with Crippen LogP contribution in [0, 0.1) is 0 Å². The van der Waals surface area contributed by atoms with Gasteiger partial charge in [-0.2, -0.15) is 18.2 Å². The van der Waals surface area contributed by atoms with Gasteiger partial charge in [0.25, 0.3) is 0 Å². The summed E-state index contributed by atoms with van der Waals surface area (Å²) in [6.45, 7) is 0.129. The molecule has 0 saturated carbocycles. The normalized spacial score (nSPS) is 11.4. The van der Waals surface area contributed by atoms with Crippen molar-refractivity contribution < 1.29 is 18.3 Å². The molecule has 3 N–H and O–H groups in total. The highest BCUT2D eigenvalue weighted by Crippen LogP contribution is 2.33. The Morgan fingerprint density at radius 2 is 1.92 bits per heavy atom. The zero-order valence-corrected chi connectivity index (χ0v) is 13.7. The van der Waals surface area contributed by atoms with Crippen LogP contribution in [0.5, 0.6) is 0 Å². The molecule has 2 aromatic rings. The molecule has 0 saturated heterocycles. The van der Waals surface area contributed by atoms with E-state index in [0.717, 1.165) is 6.07 Å². The minimum Gasteiger partial charge on any atom is -0.396 e. The van der Waals surface area contributed by atoms with Crippen LogP contribution in [0.3, 0.4) is 0 Å². The molecule has 0 amide bonds. The first-order chi connectivity index (χ1) is 11.3. The number of aromatic nitrogens is 2. The molecule has 0 unspecified atom stereocenters. The summed E-state index contributed by atoms with van der Waals surface area (Å²) in [7, 11) is 0. The van der Waals surface area contributed by atoms with E-state index in [0.29, 0.717) is 12.1 Å². The molecule has 24 heavy (non-hydrogen) atoms. The average molecular weight is 381 g/mol. The third kappa shape index (κ3) is 4.86. The van der Waals surface area contributed by atoms with Crippen LogP contribution in [-0.2, 0) is 6.18 Å². The van der Waals surface area contributed by atoms with Gasteiger partial charge < -0.3 is 15.7 Å². The molecule has 1 heterocycles. The van der Waals surface area contributed by atoms with Crippen LogP contribution in [-0.4, -0.2) is 28.2 Å². The number of hydrogen-bond acceptors (Lipinski definition) is 5. The molecule has 10 heteroatoms. The lowest BCUT2D eigenvalue weighted by atomic mass is 10.3. The van der Waals surface area contributed by atoms with Gasteiger partial charge in [0.1, 0.15) is 5.82 Å². The molecule has 1 aromatic carbocycles. The number of alkyl halides is 3. The highest BCUT2D eigenvalue weighted by Gasteiger charge is 2.33. The van der Waals surface area contributed by atoms with Gasteiger partial charge in [-0.1, -0.05) is 29.3 Å². The fraction of sp³-hybridized carbons (Fsp3) is 0.286. The Morgan fingerprint density at radius 1 is 1.17 bits per heavy atom. The summed E-state index contributed by atoms with van der Waals surface area (Å²) in [6, 6.07) is 5.48. The van der Waals surface area contributed by atoms with Crippen LogP contribution in [0.1, 0.15) is 12.1 Å². The fourth-order valence-electron chi connectivity index (χ4n) is 1.75. The topological polar surface area (TPSA) is 70.1 Å². The van der Waals surface area contributed by atoms with Crippen molar-refractivity contribution in [2.75, 3.05) is 23.8 Å². The molecule has 0 bridgehead atoms. The zero-order valence-electron chi connectivity index (χ0n) is 12.2. The first-order valence-corrected chi connectivity index (χ1v) is 7.59. The van der Waals surface area contributed by atoms with Gasteiger partial charge in [0.15, 0.2) is 5.69 Å². The highest BCUT2D eigenvalue weighted by molar-refractivity contribution is 6.43. The number of aliphatic hydroxyl groups excluding tert-OH is 1. The van der Waals surface area contributed by atoms with Crippen molar-refractivity contribution in [2.45, 2.75) is 12.6 Å². The standard InChI is InChI=1S/C14H13Cl2F3N4O/c15-8-3-1-4-9(12(8)16)21-11-7-10(14(17,18)19)22-13(23-11)20-5-2-6-24/h1,3-4,7,24H,2,5-6H2,(H2,20,21,22,23). The summed E-state index contributed by atoms with van der Waals surface area (Å²) < 4.78 is 39.0. The maximum Gasteiger partial charge on any atom is 0.433 e. The molecular formula is C14H13Cl2F3N4O. The Bertz CT molecular complexity index is 713. The number of rotatable bonds is 6. The number of nitrogens with one attached hydrogen (secondary N) is 2. The molecule has 0 atom stereocenters. The fourth-order valence-corrected chi connectivity index (χ4v) is 2.10. The molecule has 0 radical (unpaired) electrons. The number of benzene rings is 1. The van der Waals surface area contributed by atoms with E-state index >= 15 is 0 Å². The molecule has 0 spiro atoms. The maximum absolute atomic E-state index is 13.0. The summed E-state index contributed by atoms with van der Waals surface area (Å²) in [5, 5.41) is 14.5. The van der Waals surface area contributed by atoms with Crippen molar-refractivity contribution in [1.29, 1.82) is 0 Å². The number of hydrogen-bond donors (Lipinski definition) is 3. The van der Waals surface area contributed by atoms with Crippen LogP contribution in [0.4, 0.5) is 30.6 Å². The zero-order chi connectivity index (χ0) is 17.7. The molecule has 0 aliphatic carbocycles. The lowest BCUT2D eigenvalue weighted by Crippen LogP contribution is -2.14. The molecule has 0 aliphatic heterocycles. The number of halogens is 5. The lowest BCUT2D eigenvalue weighted by molar-refractivity contribution is -0.141. The van der Waals surface area contributed by atoms with Gasteiger partial charge in [-0.3, -0.25) is 0 Å². The second-order valence-electron chi connectivity index (χ2n) is 4.69. The Kier molecular flexibility index (Phi) is 6.09. The van der Waals surface area contributed by atoms with Gasteiger partial charge >= 0.3 is 6.18 Å². The van der Waals surface area contributed by atoms with Gasteiger partial charge in [-0.15, -0.1) is 0 Å². The quantitative estimate of drug-likeness (QED) is 0.650. The van der Waals surface area contributed by atoms with Crippen molar-refractivity contribution in [3.63, 3.8) is 0 Å². The van der Waals surface area contributed by atoms with E-state index in [9.17, 15) is 13.2 Å². The van der Waals surface area contributed by atoms with Crippen molar-refractivity contribution >= 4 is 40.7 Å². The van der Waals surface area contributed by atoms with Gasteiger partial charge in [0.2, 0.25) is 5.95 Å². The van der Waals surface area contributed by atoms with E-state index in [1.54, 1.807) is 18.2 Å². The van der Waals surface area contributed by atoms with Crippen LogP contribution in [0.15, 0.2) is 24.3 Å². The summed E-state index contributed by atoms with van der Waals surface area (Å²) in [6.07, 6.45) is -4.28. The van der Waals surface area contributed by atoms with E-state index in [1.165, 1.54) is 0 Å². The number of nitrogens with zero attached hydrogens (tertiary/aromatic N) is 2. The second-order valence-corrected chi connectivity index (χ2v) is 5.48. The Morgan fingerprint density at radius 3 is 2.58 bits per heavy atom. The molecule has 130 valence electrons. The van der Waals surface area contributed by atoms with Crippen molar-refractivity contribution in [3.05, 3.63) is 40.0 Å². The monoisotopic (exact) mass is 380 g/mol. The van der Waals surface area contributed by atoms with Crippen LogP contribution in [0.25, 0.3) is 0 Å². The molecule has 0 fully saturated rings. The van der Waals surface area contributed by atoms with Gasteiger partial charge in [-0.25, -0.2) is 4.98 Å². The smallest absolute Gasteiger partial charge is 0.396 e. The molecule has 0 aliphatic rings. The van der Waals surface area contributed by atoms with Crippen molar-refractivity contribution in [2.24, 2.45) is 0 Å². The minimum absolute atomic E-state index is 0.0898. The van der Waals surface area contributed by atoms with E-state index in [1.807, 2.05) is 0 Å². The number of anilines is 3. The average Bonchev–Trinajstić information content (AvgIpc) is 2.51. The summed E-state index contributed by atoms with van der Waals surface area (Å²) in [5.41, 5.74) is -0.790. The summed E-state index contributed by atoms with van der Waals surface area (Å²) in [5.74, 6) is -0.299. The van der Waals surface area contributed by atoms with E-state index in [2.05, 4.69) is 20.6 Å². The number of aliphatic hydroxyl groups is 1. The first-order valence-electron chi connectivity index (χ1n) is 6.83. The Balaban J connectivity index is 2.33. The summed E-state index contributed by atoms with van der Waals surface area (Å²) in [4.78, 5) is 7.40. The highest BCUT2D eigenvalue weighted by atomic mass is 35.5. The van der Waals surface area contributed by atoms with Gasteiger partial charge in [0, 0.05) is 19.2 Å². The van der Waals surface area contributed by atoms with Crippen molar-refractivity contribution in [1.82, 2.24) is 9.97 Å². The largest absolute Gasteiger partial charge is 0.433 e. The third-order valence-corrected chi connectivity index (χ3v) is 3.67. The lowest BCUT2D eigenvalue weighted by Gasteiger charge is -2.13. The molecular weight excluding hydrogens is 368 g/mol. The van der Waals surface area contributed by atoms with E-state index in [-0.39, 0.29) is 35.0 Å². The van der Waals surface area contributed by atoms with Crippen LogP contribution in [0.2, 0.25) is 10.0 Å². The molecule has 1 aromatic heterocycles. The van der Waals surface area contributed by atoms with Crippen molar-refractivity contribution in [3.8, 4) is 0 Å². The Labute approximate surface area is 145 Å². The predicted molar refractivity (Wildman–Crippen MR) is 87.0 cm³/mol. The van der Waals surface area contributed by atoms with E-state index < -0.39 is 11.9 Å². The maximum atomic E-state index is 13.0. The third-order valence-electron chi connectivity index (χ3n) is 2.85. The minimum atomic E-state index is -4.63. The SMILES string of the molecule is OCCCNc1nc(Nc2cccc(Cl)c2Cl)cc(C(F)(F)F)n1. The van der Waals surface area contributed by atoms with Gasteiger partial charge in [0.05, 0.1) is 15.7 Å². The summed E-state index contributed by atoms with van der Waals surface area (Å²) >= 11 is 11.9. The van der Waals surface area contributed by atoms with Gasteiger partial charge in [-0.05, 0) is 18.6 Å². The second kappa shape index (κ2) is 7.87. The molecule has 5 nitrogen and oxygen atoms in total. The van der Waals surface area contributed by atoms with Crippen LogP contribution >= 0.6 is 23.2 Å². The predicted octanol–water partition coefficient (Wildman–Crippen LogP) is 4.34. The molecule has 2 rings (SSSR count).